The molecular weight excluding hydrogens is 290 g/mol. The van der Waals surface area contributed by atoms with Crippen molar-refractivity contribution in [1.82, 2.24) is 14.9 Å². The van der Waals surface area contributed by atoms with Crippen molar-refractivity contribution in [1.29, 1.82) is 0 Å². The zero-order valence-electron chi connectivity index (χ0n) is 12.1. The molecule has 0 aliphatic rings. The van der Waals surface area contributed by atoms with E-state index in [1.165, 1.54) is 10.5 Å². The van der Waals surface area contributed by atoms with Crippen LogP contribution in [0, 0.1) is 0 Å². The van der Waals surface area contributed by atoms with Gasteiger partial charge in [0.2, 0.25) is 0 Å². The van der Waals surface area contributed by atoms with Gasteiger partial charge in [-0.2, -0.15) is 0 Å². The molecular formula is C15H20ClN3S. The van der Waals surface area contributed by atoms with E-state index in [1.807, 2.05) is 11.6 Å². The molecule has 2 aromatic rings. The highest BCUT2D eigenvalue weighted by Crippen LogP contribution is 2.25. The van der Waals surface area contributed by atoms with Gasteiger partial charge >= 0.3 is 0 Å². The molecule has 0 spiro atoms. The van der Waals surface area contributed by atoms with Crippen molar-refractivity contribution in [2.24, 2.45) is 7.05 Å². The number of imidazole rings is 1. The van der Waals surface area contributed by atoms with Gasteiger partial charge in [0.05, 0.1) is 11.9 Å². The van der Waals surface area contributed by atoms with E-state index in [2.05, 4.69) is 48.4 Å². The molecule has 108 valence electrons. The minimum atomic E-state index is 0.378. The SMILES string of the molecule is CCNC(C)c1cccc(SCc2ncc(Cl)n2C)c1. The third-order valence-electron chi connectivity index (χ3n) is 3.26. The number of thioether (sulfide) groups is 1. The summed E-state index contributed by atoms with van der Waals surface area (Å²) in [4.78, 5) is 5.57. The van der Waals surface area contributed by atoms with Crippen molar-refractivity contribution >= 4 is 23.4 Å². The van der Waals surface area contributed by atoms with Crippen LogP contribution in [0.1, 0.15) is 31.3 Å². The van der Waals surface area contributed by atoms with Crippen molar-refractivity contribution in [3.63, 3.8) is 0 Å². The molecule has 20 heavy (non-hydrogen) atoms. The van der Waals surface area contributed by atoms with Gasteiger partial charge in [-0.1, -0.05) is 30.7 Å². The summed E-state index contributed by atoms with van der Waals surface area (Å²) in [6.45, 7) is 5.29. The lowest BCUT2D eigenvalue weighted by molar-refractivity contribution is 0.597. The van der Waals surface area contributed by atoms with Crippen LogP contribution in [0.5, 0.6) is 0 Å². The monoisotopic (exact) mass is 309 g/mol. The molecule has 0 saturated carbocycles. The van der Waals surface area contributed by atoms with Gasteiger partial charge in [-0.25, -0.2) is 4.98 Å². The molecule has 0 aliphatic heterocycles. The largest absolute Gasteiger partial charge is 0.322 e. The Balaban J connectivity index is 2.03. The number of aromatic nitrogens is 2. The first-order valence-electron chi connectivity index (χ1n) is 6.74. The predicted octanol–water partition coefficient (Wildman–Crippen LogP) is 4.04. The van der Waals surface area contributed by atoms with Crippen LogP contribution in [0.2, 0.25) is 5.15 Å². The quantitative estimate of drug-likeness (QED) is 0.817. The van der Waals surface area contributed by atoms with Crippen LogP contribution >= 0.6 is 23.4 Å². The minimum absolute atomic E-state index is 0.378. The highest BCUT2D eigenvalue weighted by molar-refractivity contribution is 7.98. The maximum absolute atomic E-state index is 6.00. The van der Waals surface area contributed by atoms with E-state index in [1.54, 1.807) is 18.0 Å². The van der Waals surface area contributed by atoms with Crippen LogP contribution in [0.3, 0.4) is 0 Å². The zero-order chi connectivity index (χ0) is 14.5. The number of nitrogens with zero attached hydrogens (tertiary/aromatic N) is 2. The van der Waals surface area contributed by atoms with Gasteiger partial charge in [0, 0.05) is 18.0 Å². The van der Waals surface area contributed by atoms with Crippen LogP contribution in [-0.2, 0) is 12.8 Å². The van der Waals surface area contributed by atoms with Gasteiger partial charge in [-0.05, 0) is 31.2 Å². The Bertz CT molecular complexity index is 568. The third-order valence-corrected chi connectivity index (χ3v) is 4.60. The van der Waals surface area contributed by atoms with Gasteiger partial charge in [0.1, 0.15) is 11.0 Å². The van der Waals surface area contributed by atoms with E-state index in [4.69, 9.17) is 11.6 Å². The maximum Gasteiger partial charge on any atom is 0.128 e. The Morgan fingerprint density at radius 2 is 2.25 bits per heavy atom. The van der Waals surface area contributed by atoms with Gasteiger partial charge in [0.15, 0.2) is 0 Å². The molecule has 0 saturated heterocycles. The molecule has 0 amide bonds. The van der Waals surface area contributed by atoms with E-state index in [0.29, 0.717) is 11.2 Å². The highest BCUT2D eigenvalue weighted by atomic mass is 35.5. The van der Waals surface area contributed by atoms with E-state index < -0.39 is 0 Å². The summed E-state index contributed by atoms with van der Waals surface area (Å²) >= 11 is 7.78. The predicted molar refractivity (Wildman–Crippen MR) is 86.3 cm³/mol. The van der Waals surface area contributed by atoms with Crippen molar-refractivity contribution in [3.8, 4) is 0 Å². The van der Waals surface area contributed by atoms with Crippen molar-refractivity contribution in [3.05, 3.63) is 47.0 Å². The Morgan fingerprint density at radius 1 is 1.45 bits per heavy atom. The molecule has 0 bridgehead atoms. The molecule has 1 N–H and O–H groups in total. The number of hydrogen-bond donors (Lipinski definition) is 1. The molecule has 0 radical (unpaired) electrons. The number of halogens is 1. The molecule has 2 rings (SSSR count). The van der Waals surface area contributed by atoms with E-state index in [-0.39, 0.29) is 0 Å². The Hall–Kier alpha value is -0.970. The van der Waals surface area contributed by atoms with Crippen LogP contribution in [0.4, 0.5) is 0 Å². The van der Waals surface area contributed by atoms with E-state index >= 15 is 0 Å². The van der Waals surface area contributed by atoms with Crippen LogP contribution in [-0.4, -0.2) is 16.1 Å². The maximum atomic E-state index is 6.00. The summed E-state index contributed by atoms with van der Waals surface area (Å²) < 4.78 is 1.92. The summed E-state index contributed by atoms with van der Waals surface area (Å²) in [6, 6.07) is 9.02. The Labute approximate surface area is 129 Å². The van der Waals surface area contributed by atoms with Crippen LogP contribution in [0.15, 0.2) is 35.4 Å². The fourth-order valence-electron chi connectivity index (χ4n) is 2.00. The lowest BCUT2D eigenvalue weighted by atomic mass is 10.1. The summed E-state index contributed by atoms with van der Waals surface area (Å²) in [5, 5.41) is 4.11. The first-order chi connectivity index (χ1) is 9.61. The number of rotatable bonds is 6. The summed E-state index contributed by atoms with van der Waals surface area (Å²) in [5.41, 5.74) is 1.31. The first kappa shape index (κ1) is 15.4. The number of hydrogen-bond acceptors (Lipinski definition) is 3. The van der Waals surface area contributed by atoms with Crippen LogP contribution in [0.25, 0.3) is 0 Å². The van der Waals surface area contributed by atoms with E-state index in [0.717, 1.165) is 18.1 Å². The molecule has 3 nitrogen and oxygen atoms in total. The average Bonchev–Trinajstić information content (AvgIpc) is 2.77. The average molecular weight is 310 g/mol. The lowest BCUT2D eigenvalue weighted by Crippen LogP contribution is -2.17. The van der Waals surface area contributed by atoms with Crippen molar-refractivity contribution < 1.29 is 0 Å². The molecule has 1 atom stereocenters. The minimum Gasteiger partial charge on any atom is -0.322 e. The third kappa shape index (κ3) is 3.78. The summed E-state index contributed by atoms with van der Waals surface area (Å²) in [6.07, 6.45) is 1.70. The van der Waals surface area contributed by atoms with E-state index in [9.17, 15) is 0 Å². The molecule has 0 aliphatic carbocycles. The second kappa shape index (κ2) is 7.16. The smallest absolute Gasteiger partial charge is 0.128 e. The van der Waals surface area contributed by atoms with Gasteiger partial charge < -0.3 is 9.88 Å². The topological polar surface area (TPSA) is 29.9 Å². The molecule has 1 aromatic carbocycles. The fourth-order valence-corrected chi connectivity index (χ4v) is 3.11. The molecule has 1 unspecified atom stereocenters. The number of nitrogens with one attached hydrogen (secondary N) is 1. The normalized spacial score (nSPS) is 12.6. The second-order valence-electron chi connectivity index (χ2n) is 4.70. The highest BCUT2D eigenvalue weighted by Gasteiger charge is 2.07. The second-order valence-corrected chi connectivity index (χ2v) is 6.13. The van der Waals surface area contributed by atoms with Gasteiger partial charge in [-0.15, -0.1) is 11.8 Å². The summed E-state index contributed by atoms with van der Waals surface area (Å²) in [5.74, 6) is 1.81. The van der Waals surface area contributed by atoms with Gasteiger partial charge in [0.25, 0.3) is 0 Å². The molecule has 5 heteroatoms. The number of benzene rings is 1. The summed E-state index contributed by atoms with van der Waals surface area (Å²) in [7, 11) is 1.94. The fraction of sp³-hybridized carbons (Fsp3) is 0.400. The first-order valence-corrected chi connectivity index (χ1v) is 8.10. The van der Waals surface area contributed by atoms with Gasteiger partial charge in [-0.3, -0.25) is 0 Å². The molecule has 0 fully saturated rings. The Kier molecular flexibility index (Phi) is 5.52. The molecule has 1 heterocycles. The lowest BCUT2D eigenvalue weighted by Gasteiger charge is -2.13. The Morgan fingerprint density at radius 3 is 2.90 bits per heavy atom. The molecule has 1 aromatic heterocycles. The zero-order valence-corrected chi connectivity index (χ0v) is 13.6. The van der Waals surface area contributed by atoms with Crippen LogP contribution < -0.4 is 5.32 Å². The standard InChI is InChI=1S/C15H20ClN3S/c1-4-17-11(2)12-6-5-7-13(8-12)20-10-15-18-9-14(16)19(15)3/h5-9,11,17H,4,10H2,1-3H3. The van der Waals surface area contributed by atoms with Crippen molar-refractivity contribution in [2.75, 3.05) is 6.54 Å². The van der Waals surface area contributed by atoms with Crippen molar-refractivity contribution in [2.45, 2.75) is 30.5 Å².